The molecular formula is C12H17N3O3S. The first-order chi connectivity index (χ1) is 8.85. The second kappa shape index (κ2) is 5.08. The van der Waals surface area contributed by atoms with Crippen LogP contribution in [0.4, 0.5) is 11.5 Å². The molecule has 1 unspecified atom stereocenters. The molecule has 0 fully saturated rings. The van der Waals surface area contributed by atoms with E-state index >= 15 is 0 Å². The van der Waals surface area contributed by atoms with Crippen molar-refractivity contribution in [1.82, 2.24) is 4.98 Å². The Balaban J connectivity index is 2.12. The molecule has 0 saturated carbocycles. The molecule has 1 aliphatic heterocycles. The number of hydrogen-bond donors (Lipinski definition) is 2. The second-order valence-corrected chi connectivity index (χ2v) is 6.60. The van der Waals surface area contributed by atoms with Crippen molar-refractivity contribution in [2.24, 2.45) is 0 Å². The first kappa shape index (κ1) is 13.7. The maximum atomic E-state index is 11.3. The lowest BCUT2D eigenvalue weighted by Gasteiger charge is -2.14. The zero-order valence-electron chi connectivity index (χ0n) is 10.8. The predicted octanol–water partition coefficient (Wildman–Crippen LogP) is 1.17. The van der Waals surface area contributed by atoms with Crippen LogP contribution in [0.2, 0.25) is 0 Å². The molecule has 2 heterocycles. The van der Waals surface area contributed by atoms with E-state index in [0.29, 0.717) is 17.4 Å². The highest BCUT2D eigenvalue weighted by atomic mass is 32.2. The molecule has 3 N–H and O–H groups in total. The number of nitrogen functional groups attached to an aromatic ring is 1. The van der Waals surface area contributed by atoms with E-state index in [1.54, 1.807) is 18.2 Å². The summed E-state index contributed by atoms with van der Waals surface area (Å²) in [6, 6.07) is 3.11. The smallest absolute Gasteiger partial charge is 0.239 e. The number of nitrogens with zero attached hydrogens (tertiary/aromatic N) is 1. The molecule has 0 saturated heterocycles. The van der Waals surface area contributed by atoms with Gasteiger partial charge >= 0.3 is 0 Å². The van der Waals surface area contributed by atoms with Gasteiger partial charge in [-0.05, 0) is 32.1 Å². The Morgan fingerprint density at radius 3 is 2.79 bits per heavy atom. The van der Waals surface area contributed by atoms with Crippen molar-refractivity contribution < 1.29 is 13.2 Å². The van der Waals surface area contributed by atoms with Crippen LogP contribution in [0.3, 0.4) is 0 Å². The number of hydrogen-bond acceptors (Lipinski definition) is 6. The molecule has 0 aromatic carbocycles. The largest absolute Gasteiger partial charge is 0.473 e. The fourth-order valence-electron chi connectivity index (χ4n) is 1.70. The lowest BCUT2D eigenvalue weighted by atomic mass is 10.3. The van der Waals surface area contributed by atoms with Gasteiger partial charge in [0.1, 0.15) is 5.82 Å². The number of nitrogens with one attached hydrogen (secondary N) is 1. The Hall–Kier alpha value is -1.76. The second-order valence-electron chi connectivity index (χ2n) is 4.67. The minimum Gasteiger partial charge on any atom is -0.473 e. The molecule has 0 bridgehead atoms. The highest BCUT2D eigenvalue weighted by Crippen LogP contribution is 2.23. The molecule has 6 nitrogen and oxygen atoms in total. The molecule has 2 rings (SSSR count). The van der Waals surface area contributed by atoms with Crippen LogP contribution in [-0.4, -0.2) is 31.3 Å². The van der Waals surface area contributed by atoms with E-state index in [2.05, 4.69) is 10.3 Å². The van der Waals surface area contributed by atoms with E-state index in [1.807, 2.05) is 13.8 Å². The van der Waals surface area contributed by atoms with Crippen molar-refractivity contribution in [2.75, 3.05) is 16.8 Å². The highest BCUT2D eigenvalue weighted by Gasteiger charge is 2.22. The van der Waals surface area contributed by atoms with Gasteiger partial charge in [-0.25, -0.2) is 8.42 Å². The van der Waals surface area contributed by atoms with E-state index in [9.17, 15) is 8.42 Å². The molecule has 1 atom stereocenters. The molecule has 0 spiro atoms. The predicted molar refractivity (Wildman–Crippen MR) is 74.8 cm³/mol. The summed E-state index contributed by atoms with van der Waals surface area (Å²) in [4.78, 5) is 4.24. The van der Waals surface area contributed by atoms with E-state index in [-0.39, 0.29) is 17.9 Å². The molecule has 1 aromatic heterocycles. The van der Waals surface area contributed by atoms with Gasteiger partial charge in [-0.1, -0.05) is 0 Å². The van der Waals surface area contributed by atoms with Gasteiger partial charge in [-0.15, -0.1) is 0 Å². The maximum Gasteiger partial charge on any atom is 0.239 e. The Bertz CT molecular complexity index is 596. The van der Waals surface area contributed by atoms with Crippen LogP contribution in [-0.2, 0) is 9.84 Å². The van der Waals surface area contributed by atoms with Gasteiger partial charge in [0.15, 0.2) is 9.84 Å². The van der Waals surface area contributed by atoms with E-state index in [4.69, 9.17) is 10.5 Å². The van der Waals surface area contributed by atoms with Crippen molar-refractivity contribution in [3.63, 3.8) is 0 Å². The van der Waals surface area contributed by atoms with Gasteiger partial charge in [0.25, 0.3) is 0 Å². The number of anilines is 2. The normalized spacial score (nSPS) is 20.7. The summed E-state index contributed by atoms with van der Waals surface area (Å²) >= 11 is 0. The van der Waals surface area contributed by atoms with Gasteiger partial charge in [0, 0.05) is 5.41 Å². The fourth-order valence-corrected chi connectivity index (χ4v) is 2.94. The monoisotopic (exact) mass is 283 g/mol. The number of pyridine rings is 1. The molecule has 19 heavy (non-hydrogen) atoms. The molecule has 0 aliphatic carbocycles. The minimum absolute atomic E-state index is 0.0307. The first-order valence-corrected chi connectivity index (χ1v) is 7.68. The molecule has 1 aliphatic rings. The Labute approximate surface area is 112 Å². The van der Waals surface area contributed by atoms with Crippen molar-refractivity contribution in [1.29, 1.82) is 0 Å². The topological polar surface area (TPSA) is 94.3 Å². The zero-order valence-corrected chi connectivity index (χ0v) is 11.6. The van der Waals surface area contributed by atoms with Crippen molar-refractivity contribution in [2.45, 2.75) is 26.0 Å². The third-order valence-corrected chi connectivity index (χ3v) is 3.90. The molecule has 0 amide bonds. The Kier molecular flexibility index (Phi) is 3.66. The summed E-state index contributed by atoms with van der Waals surface area (Å²) in [5.41, 5.74) is 6.22. The molecule has 1 aromatic rings. The molecule has 0 radical (unpaired) electrons. The fraction of sp³-hybridized carbons (Fsp3) is 0.417. The van der Waals surface area contributed by atoms with Crippen molar-refractivity contribution in [3.8, 4) is 5.88 Å². The third kappa shape index (κ3) is 3.60. The van der Waals surface area contributed by atoms with Crippen LogP contribution in [0.15, 0.2) is 23.6 Å². The number of nitrogens with two attached hydrogens (primary N) is 1. The van der Waals surface area contributed by atoms with E-state index < -0.39 is 9.84 Å². The molecular weight excluding hydrogens is 266 g/mol. The Morgan fingerprint density at radius 1 is 1.47 bits per heavy atom. The summed E-state index contributed by atoms with van der Waals surface area (Å²) in [6.07, 6.45) is 1.58. The zero-order chi connectivity index (χ0) is 14.0. The van der Waals surface area contributed by atoms with Crippen LogP contribution < -0.4 is 15.8 Å². The van der Waals surface area contributed by atoms with Gasteiger partial charge in [0.2, 0.25) is 5.88 Å². The van der Waals surface area contributed by atoms with Crippen molar-refractivity contribution >= 4 is 21.3 Å². The average Bonchev–Trinajstić information content (AvgIpc) is 2.62. The Morgan fingerprint density at radius 2 is 2.21 bits per heavy atom. The summed E-state index contributed by atoms with van der Waals surface area (Å²) in [7, 11) is -3.08. The van der Waals surface area contributed by atoms with Gasteiger partial charge < -0.3 is 15.8 Å². The van der Waals surface area contributed by atoms with Gasteiger partial charge in [0.05, 0.1) is 23.6 Å². The number of sulfone groups is 1. The lowest BCUT2D eigenvalue weighted by Crippen LogP contribution is -2.21. The lowest BCUT2D eigenvalue weighted by molar-refractivity contribution is 0.234. The quantitative estimate of drug-likeness (QED) is 0.861. The number of aromatic nitrogens is 1. The maximum absolute atomic E-state index is 11.3. The van der Waals surface area contributed by atoms with Crippen LogP contribution in [0.25, 0.3) is 0 Å². The van der Waals surface area contributed by atoms with Crippen LogP contribution >= 0.6 is 0 Å². The van der Waals surface area contributed by atoms with Crippen molar-refractivity contribution in [3.05, 3.63) is 23.6 Å². The molecule has 104 valence electrons. The highest BCUT2D eigenvalue weighted by molar-refractivity contribution is 7.94. The summed E-state index contributed by atoms with van der Waals surface area (Å²) in [5, 5.41) is 4.24. The summed E-state index contributed by atoms with van der Waals surface area (Å²) in [5.74, 6) is 0.931. The molecule has 7 heteroatoms. The number of ether oxygens (including phenoxy) is 1. The van der Waals surface area contributed by atoms with Crippen LogP contribution in [0.1, 0.15) is 13.8 Å². The van der Waals surface area contributed by atoms with Crippen LogP contribution in [0.5, 0.6) is 5.88 Å². The standard InChI is InChI=1S/C12H17N3O3S/c1-8(2)18-12-10(13)3-4-11(15-12)14-9-5-6-19(16,17)7-9/h3-6,8-9H,7,13H2,1-2H3,(H,14,15). The third-order valence-electron chi connectivity index (χ3n) is 2.50. The average molecular weight is 283 g/mol. The SMILES string of the molecule is CC(C)Oc1nc(NC2C=CS(=O)(=O)C2)ccc1N. The minimum atomic E-state index is -3.08. The van der Waals surface area contributed by atoms with Gasteiger partial charge in [-0.2, -0.15) is 4.98 Å². The van der Waals surface area contributed by atoms with E-state index in [1.165, 1.54) is 5.41 Å². The van der Waals surface area contributed by atoms with Crippen LogP contribution in [0, 0.1) is 0 Å². The first-order valence-electron chi connectivity index (χ1n) is 5.96. The van der Waals surface area contributed by atoms with Gasteiger partial charge in [-0.3, -0.25) is 0 Å². The summed E-state index contributed by atoms with van der Waals surface area (Å²) in [6.45, 7) is 3.76. The summed E-state index contributed by atoms with van der Waals surface area (Å²) < 4.78 is 28.1. The number of rotatable bonds is 4. The van der Waals surface area contributed by atoms with E-state index in [0.717, 1.165) is 0 Å².